The van der Waals surface area contributed by atoms with Gasteiger partial charge in [0.2, 0.25) is 5.91 Å². The Morgan fingerprint density at radius 2 is 2.00 bits per heavy atom. The number of carbonyl (C=O) groups is 2. The van der Waals surface area contributed by atoms with Crippen molar-refractivity contribution < 1.29 is 9.59 Å². The molecular formula is C19H27N3O2S. The van der Waals surface area contributed by atoms with E-state index in [-0.39, 0.29) is 23.3 Å². The van der Waals surface area contributed by atoms with Crippen LogP contribution in [0.2, 0.25) is 0 Å². The number of rotatable bonds is 2. The van der Waals surface area contributed by atoms with E-state index in [0.717, 1.165) is 22.5 Å². The molecule has 0 N–H and O–H groups in total. The van der Waals surface area contributed by atoms with Crippen LogP contribution in [0.1, 0.15) is 45.1 Å². The van der Waals surface area contributed by atoms with Crippen molar-refractivity contribution in [3.63, 3.8) is 0 Å². The molecule has 1 saturated heterocycles. The first-order valence-electron chi connectivity index (χ1n) is 8.91. The van der Waals surface area contributed by atoms with Gasteiger partial charge in [0, 0.05) is 43.0 Å². The van der Waals surface area contributed by atoms with E-state index in [0.29, 0.717) is 19.6 Å². The molecule has 0 saturated carbocycles. The number of piperazine rings is 1. The largest absolute Gasteiger partial charge is 0.336 e. The lowest BCUT2D eigenvalue weighted by molar-refractivity contribution is -0.143. The topological polar surface area (TPSA) is 45.6 Å². The number of thiophene rings is 1. The van der Waals surface area contributed by atoms with Crippen LogP contribution in [0.15, 0.2) is 17.5 Å². The molecule has 0 radical (unpaired) electrons. The Morgan fingerprint density at radius 1 is 1.28 bits per heavy atom. The molecule has 1 aliphatic rings. The van der Waals surface area contributed by atoms with Gasteiger partial charge < -0.3 is 14.4 Å². The summed E-state index contributed by atoms with van der Waals surface area (Å²) in [6.07, 6.45) is 0. The van der Waals surface area contributed by atoms with Gasteiger partial charge in [-0.15, -0.1) is 11.3 Å². The molecule has 0 aromatic carbocycles. The molecule has 5 nitrogen and oxygen atoms in total. The van der Waals surface area contributed by atoms with Gasteiger partial charge in [0.05, 0.1) is 0 Å². The summed E-state index contributed by atoms with van der Waals surface area (Å²) in [7, 11) is 0. The molecule has 0 bridgehead atoms. The third kappa shape index (κ3) is 3.19. The van der Waals surface area contributed by atoms with E-state index >= 15 is 0 Å². The van der Waals surface area contributed by atoms with Crippen LogP contribution in [0, 0.1) is 5.41 Å². The quantitative estimate of drug-likeness (QED) is 0.822. The predicted molar refractivity (Wildman–Crippen MR) is 102 cm³/mol. The Hall–Kier alpha value is -1.82. The first-order chi connectivity index (χ1) is 11.7. The first-order valence-corrected chi connectivity index (χ1v) is 9.79. The maximum atomic E-state index is 13.1. The van der Waals surface area contributed by atoms with Crippen LogP contribution in [-0.4, -0.2) is 51.9 Å². The molecule has 0 unspecified atom stereocenters. The van der Waals surface area contributed by atoms with Crippen molar-refractivity contribution in [1.82, 2.24) is 14.4 Å². The summed E-state index contributed by atoms with van der Waals surface area (Å²) in [5.74, 6) is 0.226. The lowest BCUT2D eigenvalue weighted by atomic mass is 9.93. The van der Waals surface area contributed by atoms with E-state index in [1.165, 1.54) is 0 Å². The van der Waals surface area contributed by atoms with Crippen molar-refractivity contribution in [2.24, 2.45) is 5.41 Å². The molecule has 0 aliphatic carbocycles. The van der Waals surface area contributed by atoms with Crippen LogP contribution in [0.25, 0.3) is 10.2 Å². The van der Waals surface area contributed by atoms with E-state index in [1.54, 1.807) is 11.3 Å². The standard InChI is InChI=1S/C19H27N3O2S/c1-6-21-15(11-14-7-10-25-17(14)21)16(23)20-8-9-22(13(2)12-20)18(24)19(3,4)5/h7,10-11,13H,6,8-9,12H2,1-5H3/t13-/m0/s1. The van der Waals surface area contributed by atoms with Crippen molar-refractivity contribution in [1.29, 1.82) is 0 Å². The van der Waals surface area contributed by atoms with Gasteiger partial charge in [-0.1, -0.05) is 20.8 Å². The number of carbonyl (C=O) groups excluding carboxylic acids is 2. The maximum absolute atomic E-state index is 13.1. The van der Waals surface area contributed by atoms with Gasteiger partial charge in [-0.05, 0) is 31.4 Å². The Labute approximate surface area is 153 Å². The van der Waals surface area contributed by atoms with Crippen LogP contribution in [-0.2, 0) is 11.3 Å². The lowest BCUT2D eigenvalue weighted by Gasteiger charge is -2.42. The number of aryl methyl sites for hydroxylation is 1. The number of nitrogens with zero attached hydrogens (tertiary/aromatic N) is 3. The molecule has 2 aromatic heterocycles. The molecule has 3 rings (SSSR count). The third-order valence-corrected chi connectivity index (χ3v) is 5.81. The van der Waals surface area contributed by atoms with Crippen molar-refractivity contribution in [2.75, 3.05) is 19.6 Å². The van der Waals surface area contributed by atoms with Crippen molar-refractivity contribution >= 4 is 33.4 Å². The molecule has 2 aromatic rings. The summed E-state index contributed by atoms with van der Waals surface area (Å²) in [4.78, 5) is 30.6. The number of hydrogen-bond acceptors (Lipinski definition) is 3. The number of hydrogen-bond donors (Lipinski definition) is 0. The number of fused-ring (bicyclic) bond motifs is 1. The van der Waals surface area contributed by atoms with E-state index in [2.05, 4.69) is 22.9 Å². The Balaban J connectivity index is 1.78. The fourth-order valence-corrected chi connectivity index (χ4v) is 4.46. The second kappa shape index (κ2) is 6.48. The Morgan fingerprint density at radius 3 is 2.60 bits per heavy atom. The van der Waals surface area contributed by atoms with Gasteiger partial charge in [-0.3, -0.25) is 9.59 Å². The Kier molecular flexibility index (Phi) is 4.66. The summed E-state index contributed by atoms with van der Waals surface area (Å²) in [5, 5.41) is 3.19. The van der Waals surface area contributed by atoms with Crippen LogP contribution in [0.4, 0.5) is 0 Å². The summed E-state index contributed by atoms with van der Waals surface area (Å²) in [5.41, 5.74) is 0.369. The minimum absolute atomic E-state index is 0.0376. The van der Waals surface area contributed by atoms with Gasteiger partial charge in [0.25, 0.3) is 5.91 Å². The highest BCUT2D eigenvalue weighted by Crippen LogP contribution is 2.27. The predicted octanol–water partition coefficient (Wildman–Crippen LogP) is 3.44. The molecule has 25 heavy (non-hydrogen) atoms. The molecule has 1 atom stereocenters. The number of amides is 2. The summed E-state index contributed by atoms with van der Waals surface area (Å²) < 4.78 is 2.10. The lowest BCUT2D eigenvalue weighted by Crippen LogP contribution is -2.57. The zero-order chi connectivity index (χ0) is 18.4. The SMILES string of the molecule is CCn1c(C(=O)N2CCN(C(=O)C(C)(C)C)[C@@H](C)C2)cc2ccsc21. The molecular weight excluding hydrogens is 334 g/mol. The molecule has 2 amide bonds. The molecule has 6 heteroatoms. The van der Waals surface area contributed by atoms with Gasteiger partial charge >= 0.3 is 0 Å². The van der Waals surface area contributed by atoms with Crippen LogP contribution in [0.5, 0.6) is 0 Å². The van der Waals surface area contributed by atoms with E-state index in [9.17, 15) is 9.59 Å². The second-order valence-corrected chi connectivity index (χ2v) is 8.70. The second-order valence-electron chi connectivity index (χ2n) is 7.80. The minimum Gasteiger partial charge on any atom is -0.336 e. The van der Waals surface area contributed by atoms with Crippen LogP contribution < -0.4 is 0 Å². The zero-order valence-corrected chi connectivity index (χ0v) is 16.5. The summed E-state index contributed by atoms with van der Waals surface area (Å²) in [6, 6.07) is 4.09. The average Bonchev–Trinajstić information content (AvgIpc) is 3.12. The van der Waals surface area contributed by atoms with Gasteiger partial charge in [0.1, 0.15) is 10.5 Å². The highest BCUT2D eigenvalue weighted by molar-refractivity contribution is 7.16. The van der Waals surface area contributed by atoms with Gasteiger partial charge in [-0.2, -0.15) is 0 Å². The summed E-state index contributed by atoms with van der Waals surface area (Å²) >= 11 is 1.67. The fourth-order valence-electron chi connectivity index (χ4n) is 3.50. The maximum Gasteiger partial charge on any atom is 0.270 e. The monoisotopic (exact) mass is 361 g/mol. The highest BCUT2D eigenvalue weighted by atomic mass is 32.1. The Bertz CT molecular complexity index is 799. The van der Waals surface area contributed by atoms with Gasteiger partial charge in [-0.25, -0.2) is 0 Å². The number of aromatic nitrogens is 1. The highest BCUT2D eigenvalue weighted by Gasteiger charge is 2.35. The molecule has 136 valence electrons. The molecule has 1 aliphatic heterocycles. The minimum atomic E-state index is -0.387. The zero-order valence-electron chi connectivity index (χ0n) is 15.7. The molecule has 1 fully saturated rings. The first kappa shape index (κ1) is 18.0. The summed E-state index contributed by atoms with van der Waals surface area (Å²) in [6.45, 7) is 12.5. The normalized spacial score (nSPS) is 18.8. The molecule has 0 spiro atoms. The van der Waals surface area contributed by atoms with Crippen LogP contribution >= 0.6 is 11.3 Å². The average molecular weight is 362 g/mol. The van der Waals surface area contributed by atoms with Crippen LogP contribution in [0.3, 0.4) is 0 Å². The molecule has 3 heterocycles. The third-order valence-electron chi connectivity index (χ3n) is 4.85. The fraction of sp³-hybridized carbons (Fsp3) is 0.579. The smallest absolute Gasteiger partial charge is 0.270 e. The van der Waals surface area contributed by atoms with Crippen molar-refractivity contribution in [3.8, 4) is 0 Å². The van der Waals surface area contributed by atoms with E-state index in [1.807, 2.05) is 43.6 Å². The van der Waals surface area contributed by atoms with Gasteiger partial charge in [0.15, 0.2) is 0 Å². The van der Waals surface area contributed by atoms with E-state index in [4.69, 9.17) is 0 Å². The van der Waals surface area contributed by atoms with Crippen molar-refractivity contribution in [3.05, 3.63) is 23.2 Å². The van der Waals surface area contributed by atoms with Crippen molar-refractivity contribution in [2.45, 2.75) is 47.2 Å². The van der Waals surface area contributed by atoms with E-state index < -0.39 is 0 Å².